The molecule has 11 nitrogen and oxygen atoms in total. The van der Waals surface area contributed by atoms with Crippen molar-refractivity contribution in [3.63, 3.8) is 0 Å². The van der Waals surface area contributed by atoms with E-state index in [9.17, 15) is 4.79 Å². The highest BCUT2D eigenvalue weighted by Gasteiger charge is 2.19. The molecule has 0 amide bonds. The summed E-state index contributed by atoms with van der Waals surface area (Å²) in [6, 6.07) is 10.2. The SMILES string of the molecule is C=CCn1c(=O)c2cnc(Nc3ccc(N4CCN(C)CC4)cc3)nc2n1-c1cc2c(cn1)cnn2CC. The summed E-state index contributed by atoms with van der Waals surface area (Å²) in [5.41, 5.74) is 3.27. The van der Waals surface area contributed by atoms with Gasteiger partial charge in [-0.15, -0.1) is 6.58 Å². The van der Waals surface area contributed by atoms with Gasteiger partial charge in [0.1, 0.15) is 5.39 Å². The van der Waals surface area contributed by atoms with Gasteiger partial charge in [0.25, 0.3) is 5.56 Å². The van der Waals surface area contributed by atoms with E-state index in [2.05, 4.69) is 55.9 Å². The standard InChI is InChI=1S/C27H30N10O/c1-4-10-36-26(38)22-18-29-27(31-20-6-8-21(9-7-20)34-13-11-33(3)12-14-34)32-25(22)37(36)24-15-23-19(16-28-24)17-30-35(23)5-2/h4,6-9,15-18H,1,5,10-14H2,2-3H3,(H,29,31,32). The zero-order valence-electron chi connectivity index (χ0n) is 21.6. The smallest absolute Gasteiger partial charge is 0.278 e. The highest BCUT2D eigenvalue weighted by atomic mass is 16.1. The van der Waals surface area contributed by atoms with E-state index < -0.39 is 0 Å². The van der Waals surface area contributed by atoms with E-state index in [4.69, 9.17) is 4.98 Å². The Balaban J connectivity index is 1.37. The molecule has 11 heteroatoms. The largest absolute Gasteiger partial charge is 0.369 e. The molecule has 0 atom stereocenters. The van der Waals surface area contributed by atoms with Crippen LogP contribution in [0.4, 0.5) is 17.3 Å². The molecule has 4 aromatic heterocycles. The van der Waals surface area contributed by atoms with E-state index in [0.717, 1.165) is 49.3 Å². The Morgan fingerprint density at radius 3 is 2.58 bits per heavy atom. The number of piperazine rings is 1. The molecule has 1 saturated heterocycles. The summed E-state index contributed by atoms with van der Waals surface area (Å²) in [6.45, 7) is 11.0. The van der Waals surface area contributed by atoms with Gasteiger partial charge in [-0.3, -0.25) is 9.48 Å². The molecule has 0 bridgehead atoms. The van der Waals surface area contributed by atoms with Gasteiger partial charge in [-0.1, -0.05) is 6.08 Å². The molecule has 0 spiro atoms. The average Bonchev–Trinajstić information content (AvgIpc) is 3.47. The minimum Gasteiger partial charge on any atom is -0.369 e. The van der Waals surface area contributed by atoms with Gasteiger partial charge in [-0.2, -0.15) is 10.1 Å². The first-order valence-electron chi connectivity index (χ1n) is 12.8. The fourth-order valence-corrected chi connectivity index (χ4v) is 4.89. The summed E-state index contributed by atoms with van der Waals surface area (Å²) in [5.74, 6) is 0.969. The van der Waals surface area contributed by atoms with Crippen molar-refractivity contribution >= 4 is 39.3 Å². The monoisotopic (exact) mass is 510 g/mol. The van der Waals surface area contributed by atoms with Crippen LogP contribution in [0.25, 0.3) is 27.8 Å². The lowest BCUT2D eigenvalue weighted by Crippen LogP contribution is -2.44. The summed E-state index contributed by atoms with van der Waals surface area (Å²) in [7, 11) is 2.15. The molecule has 1 aromatic carbocycles. The van der Waals surface area contributed by atoms with E-state index >= 15 is 0 Å². The van der Waals surface area contributed by atoms with Crippen molar-refractivity contribution in [2.45, 2.75) is 20.0 Å². The summed E-state index contributed by atoms with van der Waals surface area (Å²) in [5, 5.41) is 9.05. The van der Waals surface area contributed by atoms with Crippen LogP contribution in [0, 0.1) is 0 Å². The molecule has 5 aromatic rings. The van der Waals surface area contributed by atoms with Crippen molar-refractivity contribution in [3.05, 3.63) is 71.9 Å². The molecule has 194 valence electrons. The molecule has 6 rings (SSSR count). The van der Waals surface area contributed by atoms with E-state index in [1.807, 2.05) is 29.8 Å². The van der Waals surface area contributed by atoms with Crippen LogP contribution in [-0.4, -0.2) is 72.2 Å². The van der Waals surface area contributed by atoms with Crippen molar-refractivity contribution in [2.24, 2.45) is 0 Å². The number of benzene rings is 1. The van der Waals surface area contributed by atoms with Crippen LogP contribution in [0.1, 0.15) is 6.92 Å². The number of fused-ring (bicyclic) bond motifs is 2. The molecule has 1 fully saturated rings. The second kappa shape index (κ2) is 9.75. The highest BCUT2D eigenvalue weighted by molar-refractivity contribution is 5.81. The van der Waals surface area contributed by atoms with Crippen molar-refractivity contribution < 1.29 is 0 Å². The Labute approximate surface area is 219 Å². The maximum Gasteiger partial charge on any atom is 0.278 e. The summed E-state index contributed by atoms with van der Waals surface area (Å²) in [6.07, 6.45) is 6.80. The number of rotatable bonds is 7. The van der Waals surface area contributed by atoms with E-state index in [1.54, 1.807) is 34.0 Å². The Kier molecular flexibility index (Phi) is 6.12. The summed E-state index contributed by atoms with van der Waals surface area (Å²) in [4.78, 5) is 31.8. The van der Waals surface area contributed by atoms with Gasteiger partial charge in [-0.05, 0) is 38.2 Å². The van der Waals surface area contributed by atoms with Gasteiger partial charge in [-0.25, -0.2) is 19.3 Å². The molecule has 5 heterocycles. The van der Waals surface area contributed by atoms with Crippen LogP contribution in [0.5, 0.6) is 0 Å². The fourth-order valence-electron chi connectivity index (χ4n) is 4.89. The molecule has 38 heavy (non-hydrogen) atoms. The number of hydrogen-bond donors (Lipinski definition) is 1. The topological polar surface area (TPSA) is 102 Å². The highest BCUT2D eigenvalue weighted by Crippen LogP contribution is 2.23. The lowest BCUT2D eigenvalue weighted by atomic mass is 10.2. The van der Waals surface area contributed by atoms with Gasteiger partial charge in [0.2, 0.25) is 5.95 Å². The lowest BCUT2D eigenvalue weighted by Gasteiger charge is -2.34. The minimum absolute atomic E-state index is 0.200. The van der Waals surface area contributed by atoms with Crippen molar-refractivity contribution in [3.8, 4) is 5.82 Å². The quantitative estimate of drug-likeness (QED) is 0.334. The van der Waals surface area contributed by atoms with Crippen LogP contribution in [0.3, 0.4) is 0 Å². The third-order valence-electron chi connectivity index (χ3n) is 7.00. The molecule has 0 unspecified atom stereocenters. The van der Waals surface area contributed by atoms with Crippen molar-refractivity contribution in [1.29, 1.82) is 0 Å². The molecule has 1 aliphatic rings. The summed E-state index contributed by atoms with van der Waals surface area (Å²) < 4.78 is 5.20. The molecule has 1 N–H and O–H groups in total. The number of allylic oxidation sites excluding steroid dienone is 1. The molecule has 0 aliphatic carbocycles. The van der Waals surface area contributed by atoms with Crippen molar-refractivity contribution in [1.82, 2.24) is 39.0 Å². The second-order valence-corrected chi connectivity index (χ2v) is 9.44. The number of nitrogens with zero attached hydrogens (tertiary/aromatic N) is 9. The number of anilines is 3. The lowest BCUT2D eigenvalue weighted by molar-refractivity contribution is 0.313. The van der Waals surface area contributed by atoms with Crippen molar-refractivity contribution in [2.75, 3.05) is 43.4 Å². The maximum absolute atomic E-state index is 13.3. The van der Waals surface area contributed by atoms with Crippen LogP contribution in [0.2, 0.25) is 0 Å². The van der Waals surface area contributed by atoms with Crippen LogP contribution in [0.15, 0.2) is 66.4 Å². The number of hydrogen-bond acceptors (Lipinski definition) is 8. The van der Waals surface area contributed by atoms with Gasteiger partial charge in [0, 0.05) is 67.9 Å². The Bertz CT molecular complexity index is 1670. The van der Waals surface area contributed by atoms with Gasteiger partial charge in [0.15, 0.2) is 11.5 Å². The predicted octanol–water partition coefficient (Wildman–Crippen LogP) is 3.03. The Hall–Kier alpha value is -4.51. The first-order chi connectivity index (χ1) is 18.6. The minimum atomic E-state index is -0.200. The second-order valence-electron chi connectivity index (χ2n) is 9.44. The van der Waals surface area contributed by atoms with Crippen LogP contribution in [-0.2, 0) is 13.1 Å². The zero-order valence-corrected chi connectivity index (χ0v) is 21.6. The zero-order chi connectivity index (χ0) is 26.2. The third kappa shape index (κ3) is 4.20. The van der Waals surface area contributed by atoms with E-state index in [-0.39, 0.29) is 5.56 Å². The number of pyridine rings is 1. The fraction of sp³-hybridized carbons (Fsp3) is 0.296. The molecular weight excluding hydrogens is 480 g/mol. The Morgan fingerprint density at radius 1 is 1.05 bits per heavy atom. The normalized spacial score (nSPS) is 14.4. The maximum atomic E-state index is 13.3. The molecule has 0 radical (unpaired) electrons. The first kappa shape index (κ1) is 23.9. The van der Waals surface area contributed by atoms with Crippen LogP contribution >= 0.6 is 0 Å². The van der Waals surface area contributed by atoms with E-state index in [0.29, 0.717) is 29.3 Å². The molecule has 0 saturated carbocycles. The first-order valence-corrected chi connectivity index (χ1v) is 12.8. The molecule has 1 aliphatic heterocycles. The van der Waals surface area contributed by atoms with Gasteiger partial charge >= 0.3 is 0 Å². The Morgan fingerprint density at radius 2 is 1.84 bits per heavy atom. The number of nitrogens with one attached hydrogen (secondary N) is 1. The molecular formula is C27H30N10O. The predicted molar refractivity (Wildman–Crippen MR) is 150 cm³/mol. The van der Waals surface area contributed by atoms with Crippen LogP contribution < -0.4 is 15.8 Å². The summed E-state index contributed by atoms with van der Waals surface area (Å²) >= 11 is 0. The number of likely N-dealkylation sites (N-methyl/N-ethyl adjacent to an activating group) is 1. The number of aromatic nitrogens is 7. The van der Waals surface area contributed by atoms with Gasteiger partial charge < -0.3 is 15.1 Å². The third-order valence-corrected chi connectivity index (χ3v) is 7.00. The van der Waals surface area contributed by atoms with E-state index in [1.165, 1.54) is 5.69 Å². The van der Waals surface area contributed by atoms with Gasteiger partial charge in [0.05, 0.1) is 18.3 Å². The average molecular weight is 511 g/mol. The number of aryl methyl sites for hydroxylation is 1.